The summed E-state index contributed by atoms with van der Waals surface area (Å²) in [6, 6.07) is 9.78. The van der Waals surface area contributed by atoms with Crippen molar-refractivity contribution in [1.82, 2.24) is 5.32 Å². The van der Waals surface area contributed by atoms with Crippen LogP contribution in [0.15, 0.2) is 24.3 Å². The zero-order valence-corrected chi connectivity index (χ0v) is 12.3. The molecule has 0 heterocycles. The molecular formula is C16H28N2. The quantitative estimate of drug-likeness (QED) is 0.715. The maximum Gasteiger partial charge on any atom is 0.0345 e. The predicted molar refractivity (Wildman–Crippen MR) is 81.1 cm³/mol. The Kier molecular flexibility index (Phi) is 6.81. The molecule has 0 aromatic heterocycles. The monoisotopic (exact) mass is 248 g/mol. The molecular weight excluding hydrogens is 220 g/mol. The van der Waals surface area contributed by atoms with Crippen molar-refractivity contribution in [2.75, 3.05) is 11.9 Å². The number of anilines is 1. The largest absolute Gasteiger partial charge is 0.382 e. The second-order valence-corrected chi connectivity index (χ2v) is 4.96. The number of hydrogen-bond donors (Lipinski definition) is 2. The van der Waals surface area contributed by atoms with Gasteiger partial charge in [-0.25, -0.2) is 0 Å². The molecule has 1 rings (SSSR count). The maximum atomic E-state index is 3.60. The average molecular weight is 248 g/mol. The molecule has 0 bridgehead atoms. The minimum Gasteiger partial charge on any atom is -0.382 e. The summed E-state index contributed by atoms with van der Waals surface area (Å²) in [7, 11) is 0. The van der Waals surface area contributed by atoms with Gasteiger partial charge >= 0.3 is 0 Å². The molecule has 1 aromatic carbocycles. The summed E-state index contributed by atoms with van der Waals surface area (Å²) in [5.74, 6) is 0. The van der Waals surface area contributed by atoms with Gasteiger partial charge in [-0.2, -0.15) is 0 Å². The van der Waals surface area contributed by atoms with Gasteiger partial charge in [0.15, 0.2) is 0 Å². The van der Waals surface area contributed by atoms with E-state index >= 15 is 0 Å². The van der Waals surface area contributed by atoms with Crippen LogP contribution in [-0.4, -0.2) is 12.6 Å². The van der Waals surface area contributed by atoms with Gasteiger partial charge in [-0.15, -0.1) is 0 Å². The van der Waals surface area contributed by atoms with Gasteiger partial charge in [0.2, 0.25) is 0 Å². The van der Waals surface area contributed by atoms with Crippen LogP contribution < -0.4 is 10.6 Å². The first-order chi connectivity index (χ1) is 8.71. The second-order valence-electron chi connectivity index (χ2n) is 4.96. The van der Waals surface area contributed by atoms with E-state index in [1.165, 1.54) is 30.5 Å². The van der Waals surface area contributed by atoms with Gasteiger partial charge in [-0.1, -0.05) is 32.9 Å². The molecule has 1 aromatic rings. The van der Waals surface area contributed by atoms with E-state index in [0.717, 1.165) is 6.54 Å². The van der Waals surface area contributed by atoms with E-state index in [4.69, 9.17) is 0 Å². The van der Waals surface area contributed by atoms with Gasteiger partial charge in [-0.05, 0) is 50.4 Å². The van der Waals surface area contributed by atoms with E-state index in [1.807, 2.05) is 0 Å². The number of benzene rings is 1. The van der Waals surface area contributed by atoms with E-state index < -0.39 is 0 Å². The van der Waals surface area contributed by atoms with Crippen LogP contribution in [0.25, 0.3) is 0 Å². The van der Waals surface area contributed by atoms with Crippen LogP contribution in [0.4, 0.5) is 5.69 Å². The van der Waals surface area contributed by atoms with Crippen molar-refractivity contribution >= 4 is 5.69 Å². The summed E-state index contributed by atoms with van der Waals surface area (Å²) in [5.41, 5.74) is 2.60. The molecule has 18 heavy (non-hydrogen) atoms. The standard InChI is InChI=1S/C16H28N2/c1-5-11-17-13(4)14-9-8-10-16(12-14)18-15(6-2)7-3/h8-10,12-13,15,17-18H,5-7,11H2,1-4H3. The lowest BCUT2D eigenvalue weighted by atomic mass is 10.1. The van der Waals surface area contributed by atoms with Crippen molar-refractivity contribution in [3.63, 3.8) is 0 Å². The number of hydrogen-bond acceptors (Lipinski definition) is 2. The first-order valence-electron chi connectivity index (χ1n) is 7.31. The minimum atomic E-state index is 0.424. The lowest BCUT2D eigenvalue weighted by molar-refractivity contribution is 0.570. The third-order valence-corrected chi connectivity index (χ3v) is 3.44. The molecule has 102 valence electrons. The van der Waals surface area contributed by atoms with Crippen molar-refractivity contribution in [3.05, 3.63) is 29.8 Å². The van der Waals surface area contributed by atoms with E-state index in [0.29, 0.717) is 12.1 Å². The summed E-state index contributed by atoms with van der Waals surface area (Å²) < 4.78 is 0. The molecule has 0 aliphatic carbocycles. The van der Waals surface area contributed by atoms with Gasteiger partial charge in [-0.3, -0.25) is 0 Å². The van der Waals surface area contributed by atoms with Crippen molar-refractivity contribution in [2.24, 2.45) is 0 Å². The first kappa shape index (κ1) is 15.0. The first-order valence-corrected chi connectivity index (χ1v) is 7.31. The predicted octanol–water partition coefficient (Wildman–Crippen LogP) is 4.35. The highest BCUT2D eigenvalue weighted by molar-refractivity contribution is 5.47. The lowest BCUT2D eigenvalue weighted by Gasteiger charge is -2.19. The summed E-state index contributed by atoms with van der Waals surface area (Å²) in [4.78, 5) is 0. The summed E-state index contributed by atoms with van der Waals surface area (Å²) >= 11 is 0. The van der Waals surface area contributed by atoms with Crippen molar-refractivity contribution < 1.29 is 0 Å². The normalized spacial score (nSPS) is 12.7. The van der Waals surface area contributed by atoms with Crippen LogP contribution in [0.1, 0.15) is 58.6 Å². The molecule has 2 nitrogen and oxygen atoms in total. The van der Waals surface area contributed by atoms with Gasteiger partial charge in [0.25, 0.3) is 0 Å². The van der Waals surface area contributed by atoms with Crippen LogP contribution in [0, 0.1) is 0 Å². The molecule has 0 fully saturated rings. The summed E-state index contributed by atoms with van der Waals surface area (Å²) in [6.45, 7) is 9.97. The minimum absolute atomic E-state index is 0.424. The number of nitrogens with one attached hydrogen (secondary N) is 2. The Bertz CT molecular complexity index is 332. The molecule has 0 radical (unpaired) electrons. The molecule has 0 aliphatic rings. The zero-order valence-electron chi connectivity index (χ0n) is 12.3. The highest BCUT2D eigenvalue weighted by Crippen LogP contribution is 2.19. The smallest absolute Gasteiger partial charge is 0.0345 e. The zero-order chi connectivity index (χ0) is 13.4. The molecule has 0 aliphatic heterocycles. The van der Waals surface area contributed by atoms with Gasteiger partial charge < -0.3 is 10.6 Å². The Morgan fingerprint density at radius 2 is 1.83 bits per heavy atom. The fourth-order valence-corrected chi connectivity index (χ4v) is 2.10. The number of rotatable bonds is 8. The fraction of sp³-hybridized carbons (Fsp3) is 0.625. The molecule has 0 amide bonds. The Morgan fingerprint density at radius 3 is 2.44 bits per heavy atom. The van der Waals surface area contributed by atoms with Crippen LogP contribution in [-0.2, 0) is 0 Å². The molecule has 0 saturated carbocycles. The van der Waals surface area contributed by atoms with Gasteiger partial charge in [0.05, 0.1) is 0 Å². The Balaban J connectivity index is 2.66. The van der Waals surface area contributed by atoms with Crippen molar-refractivity contribution in [2.45, 2.75) is 59.0 Å². The Hall–Kier alpha value is -1.02. The maximum absolute atomic E-state index is 3.60. The lowest BCUT2D eigenvalue weighted by Crippen LogP contribution is -2.20. The topological polar surface area (TPSA) is 24.1 Å². The molecule has 0 saturated heterocycles. The van der Waals surface area contributed by atoms with Crippen molar-refractivity contribution in [3.8, 4) is 0 Å². The Labute approximate surface area is 112 Å². The SMILES string of the molecule is CCCNC(C)c1cccc(NC(CC)CC)c1. The van der Waals surface area contributed by atoms with Crippen LogP contribution in [0.2, 0.25) is 0 Å². The molecule has 1 unspecified atom stereocenters. The van der Waals surface area contributed by atoms with E-state index in [1.54, 1.807) is 0 Å². The van der Waals surface area contributed by atoms with E-state index in [9.17, 15) is 0 Å². The van der Waals surface area contributed by atoms with Crippen molar-refractivity contribution in [1.29, 1.82) is 0 Å². The fourth-order valence-electron chi connectivity index (χ4n) is 2.10. The Morgan fingerprint density at radius 1 is 1.11 bits per heavy atom. The summed E-state index contributed by atoms with van der Waals surface area (Å²) in [5, 5.41) is 7.13. The second kappa shape index (κ2) is 8.15. The average Bonchev–Trinajstić information content (AvgIpc) is 2.42. The molecule has 2 N–H and O–H groups in total. The van der Waals surface area contributed by atoms with E-state index in [2.05, 4.69) is 62.6 Å². The van der Waals surface area contributed by atoms with Crippen LogP contribution in [0.3, 0.4) is 0 Å². The summed E-state index contributed by atoms with van der Waals surface area (Å²) in [6.07, 6.45) is 3.52. The highest BCUT2D eigenvalue weighted by atomic mass is 14.9. The van der Waals surface area contributed by atoms with Crippen LogP contribution in [0.5, 0.6) is 0 Å². The molecule has 1 atom stereocenters. The third kappa shape index (κ3) is 4.69. The van der Waals surface area contributed by atoms with E-state index in [-0.39, 0.29) is 0 Å². The highest BCUT2D eigenvalue weighted by Gasteiger charge is 2.07. The third-order valence-electron chi connectivity index (χ3n) is 3.44. The van der Waals surface area contributed by atoms with Gasteiger partial charge in [0, 0.05) is 17.8 Å². The molecule has 0 spiro atoms. The molecule has 2 heteroatoms. The van der Waals surface area contributed by atoms with Crippen LogP contribution >= 0.6 is 0 Å². The van der Waals surface area contributed by atoms with Gasteiger partial charge in [0.1, 0.15) is 0 Å².